The monoisotopic (exact) mass is 285 g/mol. The van der Waals surface area contributed by atoms with E-state index in [0.29, 0.717) is 0 Å². The van der Waals surface area contributed by atoms with Crippen LogP contribution in [0.25, 0.3) is 0 Å². The Morgan fingerprint density at radius 1 is 1.17 bits per heavy atom. The number of benzene rings is 1. The number of hydrogen-bond acceptors (Lipinski definition) is 2. The highest BCUT2D eigenvalue weighted by molar-refractivity contribution is 7.99. The van der Waals surface area contributed by atoms with Gasteiger partial charge in [-0.1, -0.05) is 50.4 Å². The Morgan fingerprint density at radius 2 is 2.00 bits per heavy atom. The minimum Gasteiger partial charge on any atom is -0.313 e. The smallest absolute Gasteiger partial charge is 0.0545 e. The number of unbranched alkanes of at least 4 members (excludes halogenated alkanes) is 2. The molecular formula is C15H24ClNS. The first-order valence-corrected chi connectivity index (χ1v) is 8.26. The molecule has 0 atom stereocenters. The second kappa shape index (κ2) is 9.71. The van der Waals surface area contributed by atoms with E-state index >= 15 is 0 Å². The van der Waals surface area contributed by atoms with Gasteiger partial charge in [0.1, 0.15) is 0 Å². The van der Waals surface area contributed by atoms with Crippen molar-refractivity contribution in [1.29, 1.82) is 0 Å². The highest BCUT2D eigenvalue weighted by Crippen LogP contribution is 2.31. The third-order valence-electron chi connectivity index (χ3n) is 2.79. The summed E-state index contributed by atoms with van der Waals surface area (Å²) in [7, 11) is 0. The van der Waals surface area contributed by atoms with Crippen molar-refractivity contribution in [1.82, 2.24) is 5.32 Å². The molecule has 0 fully saturated rings. The molecule has 0 amide bonds. The van der Waals surface area contributed by atoms with Gasteiger partial charge in [0, 0.05) is 11.4 Å². The van der Waals surface area contributed by atoms with Gasteiger partial charge < -0.3 is 5.32 Å². The van der Waals surface area contributed by atoms with Gasteiger partial charge in [0.15, 0.2) is 0 Å². The van der Waals surface area contributed by atoms with Crippen LogP contribution >= 0.6 is 23.4 Å². The average molecular weight is 286 g/mol. The Kier molecular flexibility index (Phi) is 8.57. The van der Waals surface area contributed by atoms with Gasteiger partial charge >= 0.3 is 0 Å². The summed E-state index contributed by atoms with van der Waals surface area (Å²) in [5, 5.41) is 4.34. The summed E-state index contributed by atoms with van der Waals surface area (Å²) in [6.07, 6.45) is 5.02. The van der Waals surface area contributed by atoms with E-state index in [-0.39, 0.29) is 0 Å². The third-order valence-corrected chi connectivity index (χ3v) is 4.48. The summed E-state index contributed by atoms with van der Waals surface area (Å²) in [4.78, 5) is 1.26. The van der Waals surface area contributed by atoms with Crippen LogP contribution in [0.4, 0.5) is 0 Å². The molecule has 3 heteroatoms. The number of halogens is 1. The molecule has 1 nitrogen and oxygen atoms in total. The highest BCUT2D eigenvalue weighted by atomic mass is 35.5. The number of hydrogen-bond donors (Lipinski definition) is 1. The molecule has 1 N–H and O–H groups in total. The van der Waals surface area contributed by atoms with Crippen LogP contribution in [0.1, 0.15) is 45.1 Å². The first kappa shape index (κ1) is 15.9. The van der Waals surface area contributed by atoms with Gasteiger partial charge in [-0.25, -0.2) is 0 Å². The molecule has 0 aliphatic heterocycles. The second-order valence-corrected chi connectivity index (χ2v) is 5.97. The van der Waals surface area contributed by atoms with Crippen LogP contribution in [-0.2, 0) is 6.54 Å². The fourth-order valence-corrected chi connectivity index (χ4v) is 3.22. The molecular weight excluding hydrogens is 262 g/mol. The van der Waals surface area contributed by atoms with Gasteiger partial charge in [0.2, 0.25) is 0 Å². The van der Waals surface area contributed by atoms with Gasteiger partial charge in [-0.2, -0.15) is 0 Å². The second-order valence-electron chi connectivity index (χ2n) is 4.46. The van der Waals surface area contributed by atoms with E-state index in [9.17, 15) is 0 Å². The van der Waals surface area contributed by atoms with Gasteiger partial charge in [-0.05, 0) is 36.8 Å². The quantitative estimate of drug-likeness (QED) is 0.499. The summed E-state index contributed by atoms with van der Waals surface area (Å²) in [6.45, 7) is 6.41. The molecule has 1 aromatic rings. The molecule has 1 aromatic carbocycles. The zero-order chi connectivity index (χ0) is 13.2. The molecule has 0 spiro atoms. The van der Waals surface area contributed by atoms with Crippen molar-refractivity contribution in [2.24, 2.45) is 0 Å². The zero-order valence-corrected chi connectivity index (χ0v) is 13.0. The van der Waals surface area contributed by atoms with Crippen molar-refractivity contribution in [2.45, 2.75) is 51.0 Å². The standard InChI is InChI=1S/C15H24ClNS/c1-3-5-6-11-18-15-13(12-17-10-4-2)8-7-9-14(15)16/h7-9,17H,3-6,10-12H2,1-2H3. The lowest BCUT2D eigenvalue weighted by atomic mass is 10.2. The Labute approximate surface area is 121 Å². The minimum atomic E-state index is 0.896. The van der Waals surface area contributed by atoms with Crippen molar-refractivity contribution in [3.05, 3.63) is 28.8 Å². The Balaban J connectivity index is 2.56. The molecule has 0 saturated heterocycles. The van der Waals surface area contributed by atoms with E-state index in [0.717, 1.165) is 18.1 Å². The molecule has 0 heterocycles. The minimum absolute atomic E-state index is 0.896. The van der Waals surface area contributed by atoms with E-state index in [4.69, 9.17) is 11.6 Å². The third kappa shape index (κ3) is 5.64. The van der Waals surface area contributed by atoms with E-state index in [2.05, 4.69) is 25.2 Å². The SMILES string of the molecule is CCCCCSc1c(Cl)cccc1CNCCC. The maximum Gasteiger partial charge on any atom is 0.0545 e. The average Bonchev–Trinajstić information content (AvgIpc) is 2.37. The van der Waals surface area contributed by atoms with Crippen molar-refractivity contribution in [3.63, 3.8) is 0 Å². The van der Waals surface area contributed by atoms with E-state index in [1.54, 1.807) is 0 Å². The zero-order valence-electron chi connectivity index (χ0n) is 11.5. The fraction of sp³-hybridized carbons (Fsp3) is 0.600. The van der Waals surface area contributed by atoms with Crippen LogP contribution in [0, 0.1) is 0 Å². The first-order valence-electron chi connectivity index (χ1n) is 6.90. The number of thioether (sulfide) groups is 1. The number of rotatable bonds is 9. The van der Waals surface area contributed by atoms with Crippen LogP contribution in [0.15, 0.2) is 23.1 Å². The van der Waals surface area contributed by atoms with Crippen molar-refractivity contribution >= 4 is 23.4 Å². The molecule has 0 radical (unpaired) electrons. The Morgan fingerprint density at radius 3 is 2.72 bits per heavy atom. The molecule has 1 rings (SSSR count). The predicted molar refractivity (Wildman–Crippen MR) is 83.7 cm³/mol. The summed E-state index contributed by atoms with van der Waals surface area (Å²) < 4.78 is 0. The maximum absolute atomic E-state index is 6.31. The Bertz CT molecular complexity index is 341. The van der Waals surface area contributed by atoms with Gasteiger partial charge in [-0.15, -0.1) is 11.8 Å². The molecule has 0 aliphatic rings. The molecule has 0 bridgehead atoms. The van der Waals surface area contributed by atoms with E-state index < -0.39 is 0 Å². The first-order chi connectivity index (χ1) is 8.79. The topological polar surface area (TPSA) is 12.0 Å². The van der Waals surface area contributed by atoms with Gasteiger partial charge in [0.25, 0.3) is 0 Å². The lowest BCUT2D eigenvalue weighted by Gasteiger charge is -2.11. The lowest BCUT2D eigenvalue weighted by Crippen LogP contribution is -2.14. The summed E-state index contributed by atoms with van der Waals surface area (Å²) in [5.41, 5.74) is 1.33. The molecule has 0 saturated carbocycles. The van der Waals surface area contributed by atoms with Crippen LogP contribution < -0.4 is 5.32 Å². The maximum atomic E-state index is 6.31. The molecule has 0 aromatic heterocycles. The van der Waals surface area contributed by atoms with E-state index in [1.807, 2.05) is 23.9 Å². The van der Waals surface area contributed by atoms with Gasteiger partial charge in [-0.3, -0.25) is 0 Å². The van der Waals surface area contributed by atoms with Crippen LogP contribution in [0.2, 0.25) is 5.02 Å². The largest absolute Gasteiger partial charge is 0.313 e. The molecule has 0 aliphatic carbocycles. The summed E-state index contributed by atoms with van der Waals surface area (Å²) >= 11 is 8.21. The van der Waals surface area contributed by atoms with Crippen LogP contribution in [0.5, 0.6) is 0 Å². The highest BCUT2D eigenvalue weighted by Gasteiger charge is 2.07. The van der Waals surface area contributed by atoms with Crippen molar-refractivity contribution < 1.29 is 0 Å². The fourth-order valence-electron chi connectivity index (χ4n) is 1.78. The molecule has 18 heavy (non-hydrogen) atoms. The van der Waals surface area contributed by atoms with Crippen LogP contribution in [-0.4, -0.2) is 12.3 Å². The predicted octanol–water partition coefficient (Wildman–Crippen LogP) is 5.12. The van der Waals surface area contributed by atoms with Gasteiger partial charge in [0.05, 0.1) is 5.02 Å². The molecule has 0 unspecified atom stereocenters. The number of nitrogens with one attached hydrogen (secondary N) is 1. The van der Waals surface area contributed by atoms with Crippen molar-refractivity contribution in [3.8, 4) is 0 Å². The van der Waals surface area contributed by atoms with Crippen LogP contribution in [0.3, 0.4) is 0 Å². The normalized spacial score (nSPS) is 10.8. The summed E-state index contributed by atoms with van der Waals surface area (Å²) in [6, 6.07) is 6.21. The van der Waals surface area contributed by atoms with Crippen molar-refractivity contribution in [2.75, 3.05) is 12.3 Å². The summed E-state index contributed by atoms with van der Waals surface area (Å²) in [5.74, 6) is 1.17. The molecule has 102 valence electrons. The Hall–Kier alpha value is -0.180. The van der Waals surface area contributed by atoms with E-state index in [1.165, 1.54) is 41.9 Å². The lowest BCUT2D eigenvalue weighted by molar-refractivity contribution is 0.669.